The van der Waals surface area contributed by atoms with E-state index in [1.54, 1.807) is 24.3 Å². The fraction of sp³-hybridized carbons (Fsp3) is 0.375. The van der Waals surface area contributed by atoms with Crippen LogP contribution in [0.3, 0.4) is 0 Å². The summed E-state index contributed by atoms with van der Waals surface area (Å²) < 4.78 is 27.1. The minimum absolute atomic E-state index is 0.0186. The van der Waals surface area contributed by atoms with Crippen LogP contribution >= 0.6 is 0 Å². The molecule has 1 heterocycles. The number of hydrogen-bond donors (Lipinski definition) is 1. The maximum atomic E-state index is 12.8. The third-order valence-corrected chi connectivity index (χ3v) is 7.40. The lowest BCUT2D eigenvalue weighted by atomic mass is 10.0. The Hall–Kier alpha value is -2.44. The summed E-state index contributed by atoms with van der Waals surface area (Å²) in [5.74, 6) is 0.329. The van der Waals surface area contributed by atoms with Gasteiger partial charge in [-0.15, -0.1) is 0 Å². The van der Waals surface area contributed by atoms with Crippen molar-refractivity contribution < 1.29 is 13.2 Å². The monoisotopic (exact) mass is 426 g/mol. The highest BCUT2D eigenvalue weighted by Crippen LogP contribution is 2.21. The molecule has 30 heavy (non-hydrogen) atoms. The van der Waals surface area contributed by atoms with Gasteiger partial charge in [-0.3, -0.25) is 4.79 Å². The standard InChI is InChI=1S/C24H30N2O3S/c1-18(2)21-9-6-20(7-10-21)8-13-24(27)25-22-14-16-26(17-15-22)30(28,29)23-11-4-19(3)5-12-23/h4-13,18,22H,14-17H2,1-3H3,(H,25,27). The lowest BCUT2D eigenvalue weighted by Gasteiger charge is -2.31. The van der Waals surface area contributed by atoms with Crippen LogP contribution in [0.25, 0.3) is 6.08 Å². The molecule has 0 saturated carbocycles. The second-order valence-electron chi connectivity index (χ2n) is 8.15. The molecular weight excluding hydrogens is 396 g/mol. The molecule has 0 radical (unpaired) electrons. The zero-order valence-electron chi connectivity index (χ0n) is 17.8. The molecule has 2 aromatic carbocycles. The van der Waals surface area contributed by atoms with Gasteiger partial charge < -0.3 is 5.32 Å². The van der Waals surface area contributed by atoms with Crippen LogP contribution in [-0.4, -0.2) is 37.8 Å². The molecule has 0 unspecified atom stereocenters. The Morgan fingerprint density at radius 1 is 1.03 bits per heavy atom. The van der Waals surface area contributed by atoms with E-state index in [2.05, 4.69) is 31.3 Å². The molecule has 1 fully saturated rings. The van der Waals surface area contributed by atoms with Crippen molar-refractivity contribution in [1.29, 1.82) is 0 Å². The Kier molecular flexibility index (Phi) is 7.10. The van der Waals surface area contributed by atoms with E-state index in [-0.39, 0.29) is 11.9 Å². The molecule has 0 aromatic heterocycles. The molecule has 1 aliphatic heterocycles. The zero-order valence-corrected chi connectivity index (χ0v) is 18.7. The molecule has 1 amide bonds. The summed E-state index contributed by atoms with van der Waals surface area (Å²) in [4.78, 5) is 12.6. The Bertz CT molecular complexity index is 986. The first-order chi connectivity index (χ1) is 14.3. The van der Waals surface area contributed by atoms with E-state index in [1.807, 2.05) is 31.2 Å². The Balaban J connectivity index is 1.51. The molecule has 0 bridgehead atoms. The van der Waals surface area contributed by atoms with Gasteiger partial charge in [-0.1, -0.05) is 55.8 Å². The quantitative estimate of drug-likeness (QED) is 0.707. The topological polar surface area (TPSA) is 66.5 Å². The summed E-state index contributed by atoms with van der Waals surface area (Å²) in [6.07, 6.45) is 4.55. The first-order valence-electron chi connectivity index (χ1n) is 10.4. The smallest absolute Gasteiger partial charge is 0.244 e. The van der Waals surface area contributed by atoms with E-state index in [9.17, 15) is 13.2 Å². The van der Waals surface area contributed by atoms with Crippen molar-refractivity contribution in [2.75, 3.05) is 13.1 Å². The van der Waals surface area contributed by atoms with Gasteiger partial charge in [0.1, 0.15) is 0 Å². The SMILES string of the molecule is Cc1ccc(S(=O)(=O)N2CCC(NC(=O)C=Cc3ccc(C(C)C)cc3)CC2)cc1. The van der Waals surface area contributed by atoms with Crippen LogP contribution in [0.15, 0.2) is 59.5 Å². The predicted octanol–water partition coefficient (Wildman–Crippen LogP) is 4.10. The number of hydrogen-bond acceptors (Lipinski definition) is 3. The van der Waals surface area contributed by atoms with Gasteiger partial charge in [-0.25, -0.2) is 8.42 Å². The number of sulfonamides is 1. The van der Waals surface area contributed by atoms with Gasteiger partial charge in [0.15, 0.2) is 0 Å². The molecule has 0 atom stereocenters. The summed E-state index contributed by atoms with van der Waals surface area (Å²) in [5.41, 5.74) is 3.27. The highest BCUT2D eigenvalue weighted by atomic mass is 32.2. The van der Waals surface area contributed by atoms with E-state index in [0.29, 0.717) is 36.7 Å². The van der Waals surface area contributed by atoms with E-state index in [0.717, 1.165) is 11.1 Å². The average Bonchev–Trinajstić information content (AvgIpc) is 2.73. The molecule has 1 aliphatic rings. The number of nitrogens with zero attached hydrogens (tertiary/aromatic N) is 1. The Morgan fingerprint density at radius 3 is 2.20 bits per heavy atom. The van der Waals surface area contributed by atoms with Crippen molar-refractivity contribution in [2.45, 2.75) is 50.5 Å². The molecule has 2 aromatic rings. The molecule has 5 nitrogen and oxygen atoms in total. The lowest BCUT2D eigenvalue weighted by molar-refractivity contribution is -0.117. The summed E-state index contributed by atoms with van der Waals surface area (Å²) >= 11 is 0. The number of nitrogens with one attached hydrogen (secondary N) is 1. The Labute approximate surface area is 179 Å². The largest absolute Gasteiger partial charge is 0.350 e. The van der Waals surface area contributed by atoms with Gasteiger partial charge in [0.2, 0.25) is 15.9 Å². The normalized spacial score (nSPS) is 16.3. The summed E-state index contributed by atoms with van der Waals surface area (Å²) in [7, 11) is -3.48. The third-order valence-electron chi connectivity index (χ3n) is 5.49. The molecule has 6 heteroatoms. The Morgan fingerprint density at radius 2 is 1.63 bits per heavy atom. The van der Waals surface area contributed by atoms with Crippen molar-refractivity contribution in [3.8, 4) is 0 Å². The van der Waals surface area contributed by atoms with Crippen molar-refractivity contribution in [1.82, 2.24) is 9.62 Å². The second-order valence-corrected chi connectivity index (χ2v) is 10.1. The third kappa shape index (κ3) is 5.58. The number of benzene rings is 2. The number of rotatable bonds is 6. The van der Waals surface area contributed by atoms with Gasteiger partial charge in [-0.2, -0.15) is 4.31 Å². The van der Waals surface area contributed by atoms with E-state index in [1.165, 1.54) is 9.87 Å². The van der Waals surface area contributed by atoms with Crippen molar-refractivity contribution in [3.63, 3.8) is 0 Å². The van der Waals surface area contributed by atoms with Crippen LogP contribution in [0, 0.1) is 6.92 Å². The predicted molar refractivity (Wildman–Crippen MR) is 121 cm³/mol. The minimum Gasteiger partial charge on any atom is -0.350 e. The molecule has 160 valence electrons. The molecule has 1 N–H and O–H groups in total. The number of carbonyl (C=O) groups excluding carboxylic acids is 1. The molecule has 3 rings (SSSR count). The fourth-order valence-corrected chi connectivity index (χ4v) is 4.98. The van der Waals surface area contributed by atoms with Crippen LogP contribution in [-0.2, 0) is 14.8 Å². The van der Waals surface area contributed by atoms with Gasteiger partial charge in [0.25, 0.3) is 0 Å². The van der Waals surface area contributed by atoms with Crippen molar-refractivity contribution in [3.05, 3.63) is 71.3 Å². The van der Waals surface area contributed by atoms with E-state index >= 15 is 0 Å². The van der Waals surface area contributed by atoms with Crippen LogP contribution in [0.5, 0.6) is 0 Å². The highest BCUT2D eigenvalue weighted by molar-refractivity contribution is 7.89. The number of carbonyl (C=O) groups is 1. The van der Waals surface area contributed by atoms with Crippen LogP contribution in [0.1, 0.15) is 49.3 Å². The van der Waals surface area contributed by atoms with Gasteiger partial charge in [0.05, 0.1) is 4.90 Å². The van der Waals surface area contributed by atoms with Crippen molar-refractivity contribution >= 4 is 22.0 Å². The van der Waals surface area contributed by atoms with E-state index in [4.69, 9.17) is 0 Å². The van der Waals surface area contributed by atoms with E-state index < -0.39 is 10.0 Å². The highest BCUT2D eigenvalue weighted by Gasteiger charge is 2.29. The number of amides is 1. The first kappa shape index (κ1) is 22.2. The zero-order chi connectivity index (χ0) is 21.7. The minimum atomic E-state index is -3.48. The first-order valence-corrected chi connectivity index (χ1v) is 11.8. The summed E-state index contributed by atoms with van der Waals surface area (Å²) in [6.45, 7) is 7.04. The summed E-state index contributed by atoms with van der Waals surface area (Å²) in [5, 5.41) is 2.99. The maximum Gasteiger partial charge on any atom is 0.244 e. The second kappa shape index (κ2) is 9.58. The van der Waals surface area contributed by atoms with Crippen LogP contribution < -0.4 is 5.32 Å². The fourth-order valence-electron chi connectivity index (χ4n) is 3.51. The number of piperidine rings is 1. The average molecular weight is 427 g/mol. The maximum absolute atomic E-state index is 12.8. The molecule has 1 saturated heterocycles. The van der Waals surface area contributed by atoms with Gasteiger partial charge in [-0.05, 0) is 55.0 Å². The van der Waals surface area contributed by atoms with Gasteiger partial charge >= 0.3 is 0 Å². The number of aryl methyl sites for hydroxylation is 1. The molecule has 0 aliphatic carbocycles. The van der Waals surface area contributed by atoms with Crippen LogP contribution in [0.4, 0.5) is 0 Å². The lowest BCUT2D eigenvalue weighted by Crippen LogP contribution is -2.46. The van der Waals surface area contributed by atoms with Crippen molar-refractivity contribution in [2.24, 2.45) is 0 Å². The molecular formula is C24H30N2O3S. The molecule has 0 spiro atoms. The summed E-state index contributed by atoms with van der Waals surface area (Å²) in [6, 6.07) is 15.1. The van der Waals surface area contributed by atoms with Gasteiger partial charge in [0, 0.05) is 25.2 Å². The van der Waals surface area contributed by atoms with Crippen LogP contribution in [0.2, 0.25) is 0 Å².